The fourth-order valence-electron chi connectivity index (χ4n) is 3.34. The lowest BCUT2D eigenvalue weighted by molar-refractivity contribution is 0.622. The molecule has 1 aliphatic heterocycles. The second kappa shape index (κ2) is 6.58. The van der Waals surface area contributed by atoms with Crippen LogP contribution in [0.5, 0.6) is 0 Å². The Labute approximate surface area is 150 Å². The highest BCUT2D eigenvalue weighted by Gasteiger charge is 2.19. The smallest absolute Gasteiger partial charge is 0.124 e. The number of pyridine rings is 1. The van der Waals surface area contributed by atoms with Crippen LogP contribution in [0.3, 0.4) is 0 Å². The Bertz CT molecular complexity index is 915. The molecule has 4 nitrogen and oxygen atoms in total. The number of halogens is 2. The molecule has 0 amide bonds. The molecular formula is C19H18ClFN4. The zero-order valence-corrected chi connectivity index (χ0v) is 14.6. The zero-order chi connectivity index (χ0) is 17.4. The minimum absolute atomic E-state index is 0.331. The maximum Gasteiger partial charge on any atom is 0.124 e. The Morgan fingerprint density at radius 2 is 2.16 bits per heavy atom. The van der Waals surface area contributed by atoms with Crippen LogP contribution in [-0.2, 0) is 19.4 Å². The molecule has 0 aliphatic carbocycles. The second-order valence-corrected chi connectivity index (χ2v) is 6.75. The first-order valence-corrected chi connectivity index (χ1v) is 8.66. The quantitative estimate of drug-likeness (QED) is 0.779. The van der Waals surface area contributed by atoms with Crippen molar-refractivity contribution in [1.29, 1.82) is 0 Å². The fourth-order valence-corrected chi connectivity index (χ4v) is 3.59. The minimum atomic E-state index is -0.331. The van der Waals surface area contributed by atoms with Crippen molar-refractivity contribution >= 4 is 11.6 Å². The van der Waals surface area contributed by atoms with Crippen molar-refractivity contribution in [3.63, 3.8) is 0 Å². The molecule has 0 saturated heterocycles. The molecule has 6 heteroatoms. The Hall–Kier alpha value is -2.24. The lowest BCUT2D eigenvalue weighted by atomic mass is 10.1. The predicted octanol–water partition coefficient (Wildman–Crippen LogP) is 3.60. The average Bonchev–Trinajstić information content (AvgIpc) is 2.92. The van der Waals surface area contributed by atoms with Crippen molar-refractivity contribution in [3.05, 3.63) is 75.6 Å². The molecule has 3 heterocycles. The van der Waals surface area contributed by atoms with Crippen molar-refractivity contribution in [3.8, 4) is 5.69 Å². The third-order valence-corrected chi connectivity index (χ3v) is 4.70. The van der Waals surface area contributed by atoms with Crippen LogP contribution >= 0.6 is 11.6 Å². The highest BCUT2D eigenvalue weighted by atomic mass is 35.5. The Kier molecular flexibility index (Phi) is 4.27. The van der Waals surface area contributed by atoms with Crippen LogP contribution in [0.25, 0.3) is 5.69 Å². The van der Waals surface area contributed by atoms with Gasteiger partial charge in [0.2, 0.25) is 0 Å². The molecule has 0 bridgehead atoms. The summed E-state index contributed by atoms with van der Waals surface area (Å²) in [5.74, 6) is -0.331. The number of hydrogen-bond acceptors (Lipinski definition) is 3. The van der Waals surface area contributed by atoms with Gasteiger partial charge in [0.05, 0.1) is 17.1 Å². The van der Waals surface area contributed by atoms with Crippen molar-refractivity contribution in [1.82, 2.24) is 20.1 Å². The van der Waals surface area contributed by atoms with E-state index in [0.29, 0.717) is 11.4 Å². The summed E-state index contributed by atoms with van der Waals surface area (Å²) in [7, 11) is 0. The topological polar surface area (TPSA) is 42.7 Å². The van der Waals surface area contributed by atoms with Crippen molar-refractivity contribution in [2.45, 2.75) is 26.3 Å². The van der Waals surface area contributed by atoms with Crippen LogP contribution < -0.4 is 5.32 Å². The lowest BCUT2D eigenvalue weighted by Gasteiger charge is -2.15. The molecule has 2 aromatic heterocycles. The van der Waals surface area contributed by atoms with Crippen molar-refractivity contribution in [2.24, 2.45) is 0 Å². The Balaban J connectivity index is 1.68. The molecule has 0 fully saturated rings. The molecule has 0 saturated carbocycles. The number of aromatic nitrogens is 3. The van der Waals surface area contributed by atoms with E-state index in [9.17, 15) is 4.39 Å². The van der Waals surface area contributed by atoms with E-state index in [1.54, 1.807) is 12.3 Å². The summed E-state index contributed by atoms with van der Waals surface area (Å²) in [5.41, 5.74) is 6.23. The van der Waals surface area contributed by atoms with Crippen molar-refractivity contribution < 1.29 is 4.39 Å². The van der Waals surface area contributed by atoms with Gasteiger partial charge in [0.1, 0.15) is 5.82 Å². The van der Waals surface area contributed by atoms with Crippen LogP contribution in [0.2, 0.25) is 5.02 Å². The van der Waals surface area contributed by atoms with Crippen LogP contribution in [0, 0.1) is 12.7 Å². The molecule has 1 N–H and O–H groups in total. The summed E-state index contributed by atoms with van der Waals surface area (Å²) in [6, 6.07) is 8.53. The maximum absolute atomic E-state index is 13.5. The van der Waals surface area contributed by atoms with Gasteiger partial charge in [-0.05, 0) is 42.8 Å². The van der Waals surface area contributed by atoms with Gasteiger partial charge in [-0.25, -0.2) is 9.07 Å². The maximum atomic E-state index is 13.5. The molecule has 4 rings (SSSR count). The second-order valence-electron chi connectivity index (χ2n) is 6.31. The molecule has 0 unspecified atom stereocenters. The number of nitrogens with zero attached hydrogens (tertiary/aromatic N) is 3. The first kappa shape index (κ1) is 16.2. The van der Waals surface area contributed by atoms with Gasteiger partial charge in [-0.3, -0.25) is 4.98 Å². The van der Waals surface area contributed by atoms with E-state index < -0.39 is 0 Å². The third kappa shape index (κ3) is 3.30. The summed E-state index contributed by atoms with van der Waals surface area (Å²) < 4.78 is 15.6. The monoisotopic (exact) mass is 356 g/mol. The lowest BCUT2D eigenvalue weighted by Crippen LogP contribution is -2.24. The number of hydrogen-bond donors (Lipinski definition) is 1. The fraction of sp³-hybridized carbons (Fsp3) is 0.263. The van der Waals surface area contributed by atoms with Gasteiger partial charge in [-0.15, -0.1) is 0 Å². The van der Waals surface area contributed by atoms with E-state index in [0.717, 1.165) is 42.1 Å². The van der Waals surface area contributed by atoms with Crippen molar-refractivity contribution in [2.75, 3.05) is 6.54 Å². The first-order valence-electron chi connectivity index (χ1n) is 8.28. The normalized spacial score (nSPS) is 13.7. The molecule has 1 aliphatic rings. The summed E-state index contributed by atoms with van der Waals surface area (Å²) in [5, 5.41) is 8.49. The van der Waals surface area contributed by atoms with Gasteiger partial charge in [0.25, 0.3) is 0 Å². The van der Waals surface area contributed by atoms with Crippen LogP contribution in [0.4, 0.5) is 4.39 Å². The molecular weight excluding hydrogens is 339 g/mol. The molecule has 25 heavy (non-hydrogen) atoms. The molecule has 3 aromatic rings. The Morgan fingerprint density at radius 1 is 1.28 bits per heavy atom. The number of nitrogens with one attached hydrogen (secondary N) is 1. The molecule has 0 spiro atoms. The minimum Gasteiger partial charge on any atom is -0.312 e. The number of benzene rings is 1. The summed E-state index contributed by atoms with van der Waals surface area (Å²) in [6.07, 6.45) is 3.25. The van der Waals surface area contributed by atoms with E-state index in [4.69, 9.17) is 16.7 Å². The predicted molar refractivity (Wildman–Crippen MR) is 95.7 cm³/mol. The highest BCUT2D eigenvalue weighted by Crippen LogP contribution is 2.22. The molecule has 1 aromatic carbocycles. The SMILES string of the molecule is Cc1nn(-c2ccnc(Cc3cc(F)cc(Cl)c3)c2)c2c1CNCC2. The number of fused-ring (bicyclic) bond motifs is 1. The van der Waals surface area contributed by atoms with E-state index >= 15 is 0 Å². The number of rotatable bonds is 3. The van der Waals surface area contributed by atoms with E-state index in [1.807, 2.05) is 23.7 Å². The van der Waals surface area contributed by atoms with Crippen LogP contribution in [0.1, 0.15) is 28.2 Å². The van der Waals surface area contributed by atoms with Gasteiger partial charge in [-0.1, -0.05) is 11.6 Å². The molecule has 0 radical (unpaired) electrons. The molecule has 128 valence electrons. The highest BCUT2D eigenvalue weighted by molar-refractivity contribution is 6.30. The standard InChI is InChI=1S/C19H18ClFN4/c1-12-18-11-22-4-3-19(18)25(24-12)17-2-5-23-16(10-17)8-13-6-14(20)9-15(21)7-13/h2,5-7,9-10,22H,3-4,8,11H2,1H3. The zero-order valence-electron chi connectivity index (χ0n) is 13.9. The van der Waals surface area contributed by atoms with Gasteiger partial charge >= 0.3 is 0 Å². The van der Waals surface area contributed by atoms with Gasteiger partial charge in [0, 0.05) is 48.4 Å². The van der Waals surface area contributed by atoms with E-state index in [-0.39, 0.29) is 5.82 Å². The first-order chi connectivity index (χ1) is 12.1. The van der Waals surface area contributed by atoms with Crippen LogP contribution in [0.15, 0.2) is 36.5 Å². The summed E-state index contributed by atoms with van der Waals surface area (Å²) >= 11 is 5.95. The summed E-state index contributed by atoms with van der Waals surface area (Å²) in [4.78, 5) is 4.42. The molecule has 0 atom stereocenters. The van der Waals surface area contributed by atoms with Gasteiger partial charge in [-0.2, -0.15) is 5.10 Å². The third-order valence-electron chi connectivity index (χ3n) is 4.48. The number of aryl methyl sites for hydroxylation is 1. The van der Waals surface area contributed by atoms with E-state index in [2.05, 4.69) is 10.3 Å². The Morgan fingerprint density at radius 3 is 3.00 bits per heavy atom. The van der Waals surface area contributed by atoms with Gasteiger partial charge in [0.15, 0.2) is 0 Å². The van der Waals surface area contributed by atoms with Gasteiger partial charge < -0.3 is 5.32 Å². The average molecular weight is 357 g/mol. The summed E-state index contributed by atoms with van der Waals surface area (Å²) in [6.45, 7) is 3.86. The van der Waals surface area contributed by atoms with Crippen LogP contribution in [-0.4, -0.2) is 21.3 Å². The van der Waals surface area contributed by atoms with E-state index in [1.165, 1.54) is 23.4 Å². The largest absolute Gasteiger partial charge is 0.312 e.